The highest BCUT2D eigenvalue weighted by atomic mass is 16.6. The van der Waals surface area contributed by atoms with Gasteiger partial charge in [-0.1, -0.05) is 0 Å². The Morgan fingerprint density at radius 2 is 1.71 bits per heavy atom. The molecule has 0 aliphatic heterocycles. The SMILES string of the molecule is NNC(=O)OCC(NNC(N)=O)OC(=O)NN. The summed E-state index contributed by atoms with van der Waals surface area (Å²) in [6, 6.07) is -0.935. The van der Waals surface area contributed by atoms with E-state index in [1.54, 1.807) is 10.9 Å². The fourth-order valence-corrected chi connectivity index (χ4v) is 0.613. The van der Waals surface area contributed by atoms with Gasteiger partial charge in [0.05, 0.1) is 0 Å². The molecule has 0 rings (SSSR count). The maximum absolute atomic E-state index is 10.8. The normalized spacial score (nSPS) is 10.9. The Kier molecular flexibility index (Phi) is 6.84. The minimum Gasteiger partial charge on any atom is -0.443 e. The molecule has 0 fully saturated rings. The van der Waals surface area contributed by atoms with Crippen LogP contribution in [0.4, 0.5) is 14.4 Å². The Bertz CT molecular complexity index is 284. The van der Waals surface area contributed by atoms with Gasteiger partial charge in [-0.3, -0.25) is 16.3 Å². The predicted octanol–water partition coefficient (Wildman–Crippen LogP) is -3.31. The fraction of sp³-hybridized carbons (Fsp3) is 0.400. The van der Waals surface area contributed by atoms with Crippen LogP contribution in [0.15, 0.2) is 0 Å². The number of hydrazine groups is 3. The first-order valence-corrected chi connectivity index (χ1v) is 4.11. The Morgan fingerprint density at radius 3 is 2.18 bits per heavy atom. The van der Waals surface area contributed by atoms with Gasteiger partial charge in [-0.25, -0.2) is 26.1 Å². The fourth-order valence-electron chi connectivity index (χ4n) is 0.613. The van der Waals surface area contributed by atoms with Crippen LogP contribution < -0.4 is 39.1 Å². The van der Waals surface area contributed by atoms with Gasteiger partial charge in [0.1, 0.15) is 6.61 Å². The van der Waals surface area contributed by atoms with Crippen LogP contribution in [0.3, 0.4) is 0 Å². The molecule has 12 nitrogen and oxygen atoms in total. The second-order valence-electron chi connectivity index (χ2n) is 2.41. The molecule has 12 heteroatoms. The number of nitrogens with one attached hydrogen (secondary N) is 4. The van der Waals surface area contributed by atoms with Crippen molar-refractivity contribution in [2.75, 3.05) is 6.61 Å². The molecule has 0 aliphatic carbocycles. The van der Waals surface area contributed by atoms with Gasteiger partial charge in [0, 0.05) is 0 Å². The number of primary amides is 1. The van der Waals surface area contributed by atoms with Crippen LogP contribution in [0.1, 0.15) is 0 Å². The topological polar surface area (TPSA) is 196 Å². The van der Waals surface area contributed by atoms with Gasteiger partial charge in [0.25, 0.3) is 0 Å². The Balaban J connectivity index is 4.14. The van der Waals surface area contributed by atoms with E-state index in [9.17, 15) is 14.4 Å². The first-order valence-electron chi connectivity index (χ1n) is 4.11. The third-order valence-electron chi connectivity index (χ3n) is 1.21. The Hall–Kier alpha value is -2.31. The van der Waals surface area contributed by atoms with Crippen molar-refractivity contribution in [3.05, 3.63) is 0 Å². The van der Waals surface area contributed by atoms with Crippen molar-refractivity contribution in [1.29, 1.82) is 0 Å². The van der Waals surface area contributed by atoms with Crippen molar-refractivity contribution < 1.29 is 23.9 Å². The molecule has 0 aromatic heterocycles. The smallest absolute Gasteiger partial charge is 0.423 e. The van der Waals surface area contributed by atoms with Crippen LogP contribution >= 0.6 is 0 Å². The molecule has 98 valence electrons. The quantitative estimate of drug-likeness (QED) is 0.114. The van der Waals surface area contributed by atoms with Gasteiger partial charge >= 0.3 is 18.2 Å². The van der Waals surface area contributed by atoms with Crippen LogP contribution in [0.5, 0.6) is 0 Å². The molecule has 1 atom stereocenters. The van der Waals surface area contributed by atoms with E-state index in [1.807, 2.05) is 5.43 Å². The number of amides is 4. The minimum absolute atomic E-state index is 0.448. The number of hydrogen-bond acceptors (Lipinski definition) is 8. The molecule has 0 spiro atoms. The maximum Gasteiger partial charge on any atom is 0.423 e. The zero-order valence-corrected chi connectivity index (χ0v) is 8.56. The monoisotopic (exact) mass is 251 g/mol. The summed E-state index contributed by atoms with van der Waals surface area (Å²) >= 11 is 0. The summed E-state index contributed by atoms with van der Waals surface area (Å²) in [4.78, 5) is 31.8. The number of rotatable bonds is 5. The summed E-state index contributed by atoms with van der Waals surface area (Å²) in [6.45, 7) is -0.448. The molecular formula is C5H13N7O5. The van der Waals surface area contributed by atoms with Crippen molar-refractivity contribution in [3.8, 4) is 0 Å². The largest absolute Gasteiger partial charge is 0.443 e. The lowest BCUT2D eigenvalue weighted by Gasteiger charge is -2.18. The van der Waals surface area contributed by atoms with Crippen molar-refractivity contribution >= 4 is 18.2 Å². The van der Waals surface area contributed by atoms with Crippen molar-refractivity contribution in [1.82, 2.24) is 21.7 Å². The first kappa shape index (κ1) is 14.7. The standard InChI is InChI=1S/C5H13N7O5/c6-3(13)12-11-2(17-5(15)10-8)1-16-4(14)9-7/h2,11H,1,7-8H2,(H,9,14)(H,10,15)(H3,6,12,13). The molecule has 0 aliphatic rings. The lowest BCUT2D eigenvalue weighted by atomic mass is 10.6. The maximum atomic E-state index is 10.8. The molecule has 0 saturated carbocycles. The second kappa shape index (κ2) is 7.91. The van der Waals surface area contributed by atoms with Crippen LogP contribution in [0.2, 0.25) is 0 Å². The molecule has 10 N–H and O–H groups in total. The molecule has 0 heterocycles. The lowest BCUT2D eigenvalue weighted by Crippen LogP contribution is -2.52. The molecule has 0 aromatic rings. The highest BCUT2D eigenvalue weighted by Crippen LogP contribution is 1.89. The van der Waals surface area contributed by atoms with Crippen molar-refractivity contribution in [2.24, 2.45) is 17.4 Å². The zero-order valence-electron chi connectivity index (χ0n) is 8.56. The third-order valence-corrected chi connectivity index (χ3v) is 1.21. The Labute approximate surface area is 95.0 Å². The predicted molar refractivity (Wildman–Crippen MR) is 52.1 cm³/mol. The summed E-state index contributed by atoms with van der Waals surface area (Å²) in [5, 5.41) is 0. The second-order valence-corrected chi connectivity index (χ2v) is 2.41. The minimum atomic E-state index is -1.21. The molecular weight excluding hydrogens is 238 g/mol. The molecule has 0 saturated heterocycles. The van der Waals surface area contributed by atoms with E-state index in [0.717, 1.165) is 0 Å². The number of nitrogens with two attached hydrogens (primary N) is 3. The molecule has 1 unspecified atom stereocenters. The summed E-state index contributed by atoms with van der Waals surface area (Å²) in [5.41, 5.74) is 12.2. The van der Waals surface area contributed by atoms with Crippen LogP contribution in [0, 0.1) is 0 Å². The van der Waals surface area contributed by atoms with E-state index in [2.05, 4.69) is 14.9 Å². The lowest BCUT2D eigenvalue weighted by molar-refractivity contribution is 0.0215. The molecule has 0 radical (unpaired) electrons. The van der Waals surface area contributed by atoms with E-state index in [1.165, 1.54) is 0 Å². The van der Waals surface area contributed by atoms with Gasteiger partial charge in [0.2, 0.25) is 6.23 Å². The van der Waals surface area contributed by atoms with Crippen LogP contribution in [-0.4, -0.2) is 31.1 Å². The number of carbonyl (C=O) groups excluding carboxylic acids is 3. The van der Waals surface area contributed by atoms with Gasteiger partial charge in [-0.15, -0.1) is 0 Å². The van der Waals surface area contributed by atoms with Gasteiger partial charge < -0.3 is 15.2 Å². The van der Waals surface area contributed by atoms with Gasteiger partial charge in [0.15, 0.2) is 0 Å². The summed E-state index contributed by atoms with van der Waals surface area (Å²) < 4.78 is 9.00. The highest BCUT2D eigenvalue weighted by molar-refractivity contribution is 5.71. The molecule has 0 aromatic carbocycles. The van der Waals surface area contributed by atoms with E-state index in [0.29, 0.717) is 0 Å². The first-order chi connectivity index (χ1) is 7.99. The van der Waals surface area contributed by atoms with E-state index < -0.39 is 31.1 Å². The summed E-state index contributed by atoms with van der Waals surface area (Å²) in [5.74, 6) is 9.49. The van der Waals surface area contributed by atoms with E-state index in [4.69, 9.17) is 17.4 Å². The number of ether oxygens (including phenoxy) is 2. The van der Waals surface area contributed by atoms with Crippen molar-refractivity contribution in [3.63, 3.8) is 0 Å². The van der Waals surface area contributed by atoms with E-state index >= 15 is 0 Å². The molecule has 0 bridgehead atoms. The highest BCUT2D eigenvalue weighted by Gasteiger charge is 2.16. The van der Waals surface area contributed by atoms with Crippen LogP contribution in [-0.2, 0) is 9.47 Å². The zero-order chi connectivity index (χ0) is 13.3. The Morgan fingerprint density at radius 1 is 1.12 bits per heavy atom. The van der Waals surface area contributed by atoms with Crippen molar-refractivity contribution in [2.45, 2.75) is 6.23 Å². The van der Waals surface area contributed by atoms with Crippen LogP contribution in [0.25, 0.3) is 0 Å². The summed E-state index contributed by atoms with van der Waals surface area (Å²) in [7, 11) is 0. The molecule has 17 heavy (non-hydrogen) atoms. The summed E-state index contributed by atoms with van der Waals surface area (Å²) in [6.07, 6.45) is -3.19. The number of carbonyl (C=O) groups is 3. The third kappa shape index (κ3) is 7.60. The average molecular weight is 251 g/mol. The average Bonchev–Trinajstić information content (AvgIpc) is 2.31. The number of hydrogen-bond donors (Lipinski definition) is 7. The molecule has 4 amide bonds. The number of urea groups is 1. The van der Waals surface area contributed by atoms with Gasteiger partial charge in [-0.05, 0) is 0 Å². The van der Waals surface area contributed by atoms with Gasteiger partial charge in [-0.2, -0.15) is 5.43 Å². The van der Waals surface area contributed by atoms with E-state index in [-0.39, 0.29) is 0 Å².